The summed E-state index contributed by atoms with van der Waals surface area (Å²) in [5, 5.41) is 10.3. The Balaban J connectivity index is 2.75. The van der Waals surface area contributed by atoms with Gasteiger partial charge in [0.25, 0.3) is 0 Å². The molecule has 0 spiro atoms. The molecule has 2 nitrogen and oxygen atoms in total. The van der Waals surface area contributed by atoms with Crippen LogP contribution in [0.25, 0.3) is 10.9 Å². The van der Waals surface area contributed by atoms with Crippen molar-refractivity contribution in [1.29, 1.82) is 0 Å². The van der Waals surface area contributed by atoms with Crippen LogP contribution in [0.1, 0.15) is 22.4 Å². The maximum Gasteiger partial charge on any atom is 0.0472 e. The fourth-order valence-electron chi connectivity index (χ4n) is 2.36. The number of hydrogen-bond donors (Lipinski definition) is 2. The van der Waals surface area contributed by atoms with Crippen molar-refractivity contribution >= 4 is 10.9 Å². The molecular formula is C13H17NO. The molecule has 2 N–H and O–H groups in total. The van der Waals surface area contributed by atoms with Crippen LogP contribution >= 0.6 is 0 Å². The quantitative estimate of drug-likeness (QED) is 0.773. The summed E-state index contributed by atoms with van der Waals surface area (Å²) in [4.78, 5) is 3.38. The molecule has 2 rings (SSSR count). The van der Waals surface area contributed by atoms with Gasteiger partial charge in [0.15, 0.2) is 0 Å². The third kappa shape index (κ3) is 1.65. The first-order chi connectivity index (χ1) is 7.13. The summed E-state index contributed by atoms with van der Waals surface area (Å²) in [5.74, 6) is 0. The zero-order chi connectivity index (χ0) is 11.0. The van der Waals surface area contributed by atoms with E-state index < -0.39 is 0 Å². The van der Waals surface area contributed by atoms with Gasteiger partial charge in [-0.2, -0.15) is 0 Å². The number of rotatable bonds is 2. The first kappa shape index (κ1) is 10.2. The minimum absolute atomic E-state index is 0.209. The summed E-state index contributed by atoms with van der Waals surface area (Å²) in [6.45, 7) is 6.51. The number of nitrogens with one attached hydrogen (secondary N) is 1. The van der Waals surface area contributed by atoms with Crippen molar-refractivity contribution in [3.05, 3.63) is 34.5 Å². The van der Waals surface area contributed by atoms with Crippen LogP contribution < -0.4 is 0 Å². The van der Waals surface area contributed by atoms with Gasteiger partial charge in [-0.1, -0.05) is 6.07 Å². The molecule has 0 unspecified atom stereocenters. The molecular weight excluding hydrogens is 186 g/mol. The fourth-order valence-corrected chi connectivity index (χ4v) is 2.36. The predicted octanol–water partition coefficient (Wildman–Crippen LogP) is 2.63. The molecule has 0 saturated heterocycles. The van der Waals surface area contributed by atoms with Gasteiger partial charge in [-0.25, -0.2) is 0 Å². The van der Waals surface area contributed by atoms with Crippen LogP contribution in [0.15, 0.2) is 12.1 Å². The Bertz CT molecular complexity index is 497. The smallest absolute Gasteiger partial charge is 0.0472 e. The number of H-pyrrole nitrogens is 1. The van der Waals surface area contributed by atoms with E-state index in [1.165, 1.54) is 33.3 Å². The largest absolute Gasteiger partial charge is 0.396 e. The molecule has 2 aromatic rings. The number of fused-ring (bicyclic) bond motifs is 1. The standard InChI is InChI=1S/C13H17NO/c1-8-6-9(2)13-11(4-5-15)10(3)14-12(13)7-8/h6-7,14-15H,4-5H2,1-3H3. The molecule has 0 saturated carbocycles. The number of aryl methyl sites for hydroxylation is 3. The van der Waals surface area contributed by atoms with E-state index in [1.54, 1.807) is 0 Å². The summed E-state index contributed by atoms with van der Waals surface area (Å²) >= 11 is 0. The normalized spacial score (nSPS) is 11.2. The van der Waals surface area contributed by atoms with Crippen LogP contribution in [0, 0.1) is 20.8 Å². The Morgan fingerprint density at radius 2 is 1.93 bits per heavy atom. The summed E-state index contributed by atoms with van der Waals surface area (Å²) in [6, 6.07) is 4.35. The van der Waals surface area contributed by atoms with E-state index in [2.05, 4.69) is 37.9 Å². The van der Waals surface area contributed by atoms with Crippen molar-refractivity contribution in [2.75, 3.05) is 6.61 Å². The summed E-state index contributed by atoms with van der Waals surface area (Å²) in [7, 11) is 0. The topological polar surface area (TPSA) is 36.0 Å². The molecule has 0 radical (unpaired) electrons. The monoisotopic (exact) mass is 203 g/mol. The molecule has 0 fully saturated rings. The molecule has 1 heterocycles. The lowest BCUT2D eigenvalue weighted by atomic mass is 10.0. The maximum atomic E-state index is 9.05. The molecule has 1 aromatic heterocycles. The molecule has 0 atom stereocenters. The average molecular weight is 203 g/mol. The van der Waals surface area contributed by atoms with Gasteiger partial charge in [0.2, 0.25) is 0 Å². The second-order valence-electron chi connectivity index (χ2n) is 4.21. The number of aliphatic hydroxyl groups excluding tert-OH is 1. The lowest BCUT2D eigenvalue weighted by Crippen LogP contribution is -1.92. The third-order valence-electron chi connectivity index (χ3n) is 2.92. The van der Waals surface area contributed by atoms with Gasteiger partial charge < -0.3 is 10.1 Å². The molecule has 0 aliphatic carbocycles. The second-order valence-corrected chi connectivity index (χ2v) is 4.21. The summed E-state index contributed by atoms with van der Waals surface area (Å²) in [6.07, 6.45) is 0.732. The Morgan fingerprint density at radius 1 is 1.20 bits per heavy atom. The molecule has 80 valence electrons. The lowest BCUT2D eigenvalue weighted by Gasteiger charge is -2.02. The molecule has 0 aliphatic rings. The van der Waals surface area contributed by atoms with Crippen molar-refractivity contribution in [3.63, 3.8) is 0 Å². The van der Waals surface area contributed by atoms with Crippen LogP contribution in [0.2, 0.25) is 0 Å². The lowest BCUT2D eigenvalue weighted by molar-refractivity contribution is 0.300. The summed E-state index contributed by atoms with van der Waals surface area (Å²) < 4.78 is 0. The van der Waals surface area contributed by atoms with Crippen molar-refractivity contribution < 1.29 is 5.11 Å². The molecule has 0 bridgehead atoms. The maximum absolute atomic E-state index is 9.05. The number of hydrogen-bond acceptors (Lipinski definition) is 1. The highest BCUT2D eigenvalue weighted by Gasteiger charge is 2.10. The molecule has 0 amide bonds. The minimum Gasteiger partial charge on any atom is -0.396 e. The van der Waals surface area contributed by atoms with Crippen molar-refractivity contribution in [3.8, 4) is 0 Å². The van der Waals surface area contributed by atoms with Gasteiger partial charge in [0.1, 0.15) is 0 Å². The van der Waals surface area contributed by atoms with Gasteiger partial charge in [0.05, 0.1) is 0 Å². The van der Waals surface area contributed by atoms with E-state index in [4.69, 9.17) is 5.11 Å². The Morgan fingerprint density at radius 3 is 2.60 bits per heavy atom. The van der Waals surface area contributed by atoms with Crippen LogP contribution in [-0.4, -0.2) is 16.7 Å². The molecule has 15 heavy (non-hydrogen) atoms. The van der Waals surface area contributed by atoms with E-state index in [9.17, 15) is 0 Å². The zero-order valence-electron chi connectivity index (χ0n) is 9.52. The number of aliphatic hydroxyl groups is 1. The first-order valence-corrected chi connectivity index (χ1v) is 5.32. The number of aromatic amines is 1. The van der Waals surface area contributed by atoms with Gasteiger partial charge >= 0.3 is 0 Å². The third-order valence-corrected chi connectivity index (χ3v) is 2.92. The molecule has 0 aliphatic heterocycles. The van der Waals surface area contributed by atoms with Crippen molar-refractivity contribution in [1.82, 2.24) is 4.98 Å². The zero-order valence-corrected chi connectivity index (χ0v) is 9.52. The van der Waals surface area contributed by atoms with E-state index in [-0.39, 0.29) is 6.61 Å². The van der Waals surface area contributed by atoms with Crippen LogP contribution in [0.3, 0.4) is 0 Å². The van der Waals surface area contributed by atoms with Gasteiger partial charge in [0, 0.05) is 23.2 Å². The van der Waals surface area contributed by atoms with Crippen molar-refractivity contribution in [2.24, 2.45) is 0 Å². The second kappa shape index (κ2) is 3.70. The van der Waals surface area contributed by atoms with E-state index >= 15 is 0 Å². The fraction of sp³-hybridized carbons (Fsp3) is 0.385. The van der Waals surface area contributed by atoms with Gasteiger partial charge in [-0.3, -0.25) is 0 Å². The molecule has 2 heteroatoms. The Hall–Kier alpha value is -1.28. The predicted molar refractivity (Wildman–Crippen MR) is 63.3 cm³/mol. The van der Waals surface area contributed by atoms with Gasteiger partial charge in [-0.05, 0) is 49.9 Å². The highest BCUT2D eigenvalue weighted by Crippen LogP contribution is 2.26. The van der Waals surface area contributed by atoms with E-state index in [0.717, 1.165) is 6.42 Å². The highest BCUT2D eigenvalue weighted by atomic mass is 16.2. The first-order valence-electron chi connectivity index (χ1n) is 5.32. The number of benzene rings is 1. The van der Waals surface area contributed by atoms with E-state index in [0.29, 0.717) is 0 Å². The van der Waals surface area contributed by atoms with Gasteiger partial charge in [-0.15, -0.1) is 0 Å². The average Bonchev–Trinajstić information content (AvgIpc) is 2.43. The Kier molecular flexibility index (Phi) is 2.53. The number of aromatic nitrogens is 1. The SMILES string of the molecule is Cc1cc(C)c2c(CCO)c(C)[nH]c2c1. The van der Waals surface area contributed by atoms with Crippen LogP contribution in [-0.2, 0) is 6.42 Å². The van der Waals surface area contributed by atoms with Crippen LogP contribution in [0.4, 0.5) is 0 Å². The highest BCUT2D eigenvalue weighted by molar-refractivity contribution is 5.88. The summed E-state index contributed by atoms with van der Waals surface area (Å²) in [5.41, 5.74) is 6.18. The van der Waals surface area contributed by atoms with E-state index in [1.807, 2.05) is 0 Å². The minimum atomic E-state index is 0.209. The Labute approximate surface area is 89.9 Å². The van der Waals surface area contributed by atoms with Crippen molar-refractivity contribution in [2.45, 2.75) is 27.2 Å². The van der Waals surface area contributed by atoms with Crippen LogP contribution in [0.5, 0.6) is 0 Å². The molecule has 1 aromatic carbocycles.